The van der Waals surface area contributed by atoms with Gasteiger partial charge in [-0.1, -0.05) is 6.92 Å². The Morgan fingerprint density at radius 3 is 2.58 bits per heavy atom. The number of sulfone groups is 1. The van der Waals surface area contributed by atoms with Gasteiger partial charge in [-0.2, -0.15) is 0 Å². The summed E-state index contributed by atoms with van der Waals surface area (Å²) in [6.07, 6.45) is 2.73. The molecule has 1 aliphatic rings. The minimum Gasteiger partial charge on any atom is -0.459 e. The molecule has 1 atom stereocenters. The first-order valence-electron chi connectivity index (χ1n) is 8.40. The lowest BCUT2D eigenvalue weighted by Gasteiger charge is -2.23. The summed E-state index contributed by atoms with van der Waals surface area (Å²) >= 11 is 0. The zero-order valence-electron chi connectivity index (χ0n) is 14.3. The molecule has 1 N–H and O–H groups in total. The SMILES string of the molecule is CCS(=O)(=O)c1ccc(NC(=O)[C@@H]2CCCN2C(=O)c2ccco2)cc1. The number of hydrogen-bond acceptors (Lipinski definition) is 5. The van der Waals surface area contributed by atoms with Crippen LogP contribution in [0, 0.1) is 0 Å². The van der Waals surface area contributed by atoms with E-state index in [0.29, 0.717) is 18.7 Å². The largest absolute Gasteiger partial charge is 0.459 e. The number of anilines is 1. The van der Waals surface area contributed by atoms with E-state index in [1.807, 2.05) is 0 Å². The number of hydrogen-bond donors (Lipinski definition) is 1. The maximum absolute atomic E-state index is 12.6. The second-order valence-corrected chi connectivity index (χ2v) is 8.33. The van der Waals surface area contributed by atoms with Crippen LogP contribution in [-0.4, -0.2) is 43.5 Å². The predicted molar refractivity (Wildman–Crippen MR) is 95.6 cm³/mol. The van der Waals surface area contributed by atoms with Crippen molar-refractivity contribution in [2.24, 2.45) is 0 Å². The fraction of sp³-hybridized carbons (Fsp3) is 0.333. The van der Waals surface area contributed by atoms with E-state index < -0.39 is 15.9 Å². The molecule has 2 amide bonds. The molecule has 138 valence electrons. The fourth-order valence-corrected chi connectivity index (χ4v) is 3.85. The van der Waals surface area contributed by atoms with Gasteiger partial charge in [0, 0.05) is 12.2 Å². The van der Waals surface area contributed by atoms with E-state index in [0.717, 1.165) is 6.42 Å². The Balaban J connectivity index is 1.70. The number of carbonyl (C=O) groups is 2. The molecule has 3 rings (SSSR count). The first-order valence-corrected chi connectivity index (χ1v) is 10.1. The van der Waals surface area contributed by atoms with E-state index in [-0.39, 0.29) is 28.2 Å². The van der Waals surface area contributed by atoms with Crippen LogP contribution in [0.1, 0.15) is 30.3 Å². The Bertz CT molecular complexity index is 888. The third-order valence-corrected chi connectivity index (χ3v) is 6.16. The molecular weight excluding hydrogens is 356 g/mol. The maximum atomic E-state index is 12.6. The number of likely N-dealkylation sites (tertiary alicyclic amines) is 1. The van der Waals surface area contributed by atoms with Crippen molar-refractivity contribution in [2.75, 3.05) is 17.6 Å². The molecule has 0 radical (unpaired) electrons. The molecule has 1 aliphatic heterocycles. The van der Waals surface area contributed by atoms with Crippen LogP contribution in [0.25, 0.3) is 0 Å². The van der Waals surface area contributed by atoms with Crippen LogP contribution in [0.5, 0.6) is 0 Å². The highest BCUT2D eigenvalue weighted by Gasteiger charge is 2.35. The molecule has 2 aromatic rings. The van der Waals surface area contributed by atoms with Crippen LogP contribution in [0.2, 0.25) is 0 Å². The van der Waals surface area contributed by atoms with Crippen molar-refractivity contribution >= 4 is 27.3 Å². The molecule has 1 aromatic carbocycles. The average Bonchev–Trinajstić information content (AvgIpc) is 3.33. The van der Waals surface area contributed by atoms with Gasteiger partial charge in [0.15, 0.2) is 15.6 Å². The summed E-state index contributed by atoms with van der Waals surface area (Å²) in [5, 5.41) is 2.75. The van der Waals surface area contributed by atoms with Crippen molar-refractivity contribution in [3.05, 3.63) is 48.4 Å². The smallest absolute Gasteiger partial charge is 0.290 e. The molecule has 0 spiro atoms. The van der Waals surface area contributed by atoms with Gasteiger partial charge in [0.1, 0.15) is 6.04 Å². The lowest BCUT2D eigenvalue weighted by molar-refractivity contribution is -0.119. The predicted octanol–water partition coefficient (Wildman–Crippen LogP) is 2.32. The van der Waals surface area contributed by atoms with Gasteiger partial charge in [0.05, 0.1) is 16.9 Å². The molecule has 0 bridgehead atoms. The van der Waals surface area contributed by atoms with Crippen LogP contribution in [0.15, 0.2) is 52.0 Å². The second-order valence-electron chi connectivity index (χ2n) is 6.05. The number of carbonyl (C=O) groups excluding carboxylic acids is 2. The van der Waals surface area contributed by atoms with Crippen molar-refractivity contribution < 1.29 is 22.4 Å². The quantitative estimate of drug-likeness (QED) is 0.864. The number of rotatable bonds is 5. The normalized spacial score (nSPS) is 17.3. The van der Waals surface area contributed by atoms with Gasteiger partial charge in [-0.25, -0.2) is 8.42 Å². The van der Waals surface area contributed by atoms with Gasteiger partial charge in [0.2, 0.25) is 5.91 Å². The number of benzene rings is 1. The Kier molecular flexibility index (Phi) is 5.13. The Hall–Kier alpha value is -2.61. The number of amides is 2. The van der Waals surface area contributed by atoms with Crippen molar-refractivity contribution in [1.29, 1.82) is 0 Å². The van der Waals surface area contributed by atoms with Crippen LogP contribution in [-0.2, 0) is 14.6 Å². The fourth-order valence-electron chi connectivity index (χ4n) is 2.96. The van der Waals surface area contributed by atoms with Gasteiger partial charge in [-0.3, -0.25) is 9.59 Å². The Morgan fingerprint density at radius 2 is 1.96 bits per heavy atom. The molecule has 26 heavy (non-hydrogen) atoms. The molecule has 8 heteroatoms. The first kappa shape index (κ1) is 18.2. The summed E-state index contributed by atoms with van der Waals surface area (Å²) in [6.45, 7) is 2.07. The van der Waals surface area contributed by atoms with Crippen LogP contribution in [0.4, 0.5) is 5.69 Å². The molecule has 1 aromatic heterocycles. The summed E-state index contributed by atoms with van der Waals surface area (Å²) in [7, 11) is -3.28. The summed E-state index contributed by atoms with van der Waals surface area (Å²) in [4.78, 5) is 26.8. The van der Waals surface area contributed by atoms with Gasteiger partial charge in [0.25, 0.3) is 5.91 Å². The second kappa shape index (κ2) is 7.33. The minimum absolute atomic E-state index is 0.0185. The average molecular weight is 376 g/mol. The lowest BCUT2D eigenvalue weighted by atomic mass is 10.2. The highest BCUT2D eigenvalue weighted by Crippen LogP contribution is 2.22. The monoisotopic (exact) mass is 376 g/mol. The third-order valence-electron chi connectivity index (χ3n) is 4.41. The van der Waals surface area contributed by atoms with Crippen molar-refractivity contribution in [3.63, 3.8) is 0 Å². The molecule has 1 saturated heterocycles. The standard InChI is InChI=1S/C18H20N2O5S/c1-2-26(23,24)14-9-7-13(8-10-14)19-17(21)15-5-3-11-20(15)18(22)16-6-4-12-25-16/h4,6-10,12,15H,2-3,5,11H2,1H3,(H,19,21)/t15-/m0/s1. The minimum atomic E-state index is -3.28. The van der Waals surface area contributed by atoms with Gasteiger partial charge >= 0.3 is 0 Å². The lowest BCUT2D eigenvalue weighted by Crippen LogP contribution is -2.43. The zero-order valence-corrected chi connectivity index (χ0v) is 15.2. The number of furan rings is 1. The van der Waals surface area contributed by atoms with E-state index in [4.69, 9.17) is 4.42 Å². The third kappa shape index (κ3) is 3.65. The van der Waals surface area contributed by atoms with Crippen LogP contribution < -0.4 is 5.32 Å². The van der Waals surface area contributed by atoms with E-state index in [2.05, 4.69) is 5.32 Å². The zero-order chi connectivity index (χ0) is 18.7. The van der Waals surface area contributed by atoms with E-state index in [1.165, 1.54) is 23.3 Å². The molecular formula is C18H20N2O5S. The Morgan fingerprint density at radius 1 is 1.23 bits per heavy atom. The highest BCUT2D eigenvalue weighted by molar-refractivity contribution is 7.91. The molecule has 0 aliphatic carbocycles. The summed E-state index contributed by atoms with van der Waals surface area (Å²) in [5.74, 6) is -0.380. The van der Waals surface area contributed by atoms with Gasteiger partial charge in [-0.05, 0) is 49.2 Å². The van der Waals surface area contributed by atoms with E-state index >= 15 is 0 Å². The van der Waals surface area contributed by atoms with Crippen molar-refractivity contribution in [1.82, 2.24) is 4.90 Å². The van der Waals surface area contributed by atoms with E-state index in [9.17, 15) is 18.0 Å². The number of nitrogens with zero attached hydrogens (tertiary/aromatic N) is 1. The van der Waals surface area contributed by atoms with Crippen LogP contribution in [0.3, 0.4) is 0 Å². The van der Waals surface area contributed by atoms with Gasteiger partial charge < -0.3 is 14.6 Å². The Labute approximate surface area is 151 Å². The van der Waals surface area contributed by atoms with Gasteiger partial charge in [-0.15, -0.1) is 0 Å². The van der Waals surface area contributed by atoms with Crippen molar-refractivity contribution in [3.8, 4) is 0 Å². The molecule has 0 unspecified atom stereocenters. The summed E-state index contributed by atoms with van der Waals surface area (Å²) in [5.41, 5.74) is 0.488. The summed E-state index contributed by atoms with van der Waals surface area (Å²) in [6, 6.07) is 8.66. The van der Waals surface area contributed by atoms with E-state index in [1.54, 1.807) is 31.2 Å². The van der Waals surface area contributed by atoms with Crippen molar-refractivity contribution in [2.45, 2.75) is 30.7 Å². The van der Waals surface area contributed by atoms with Crippen LogP contribution >= 0.6 is 0 Å². The molecule has 0 saturated carbocycles. The summed E-state index contributed by atoms with van der Waals surface area (Å²) < 4.78 is 28.8. The maximum Gasteiger partial charge on any atom is 0.290 e. The number of nitrogens with one attached hydrogen (secondary N) is 1. The molecule has 2 heterocycles. The molecule has 7 nitrogen and oxygen atoms in total. The first-order chi connectivity index (χ1) is 12.4. The highest BCUT2D eigenvalue weighted by atomic mass is 32.2. The topological polar surface area (TPSA) is 96.7 Å². The molecule has 1 fully saturated rings.